The Hall–Kier alpha value is -4.74. The summed E-state index contributed by atoms with van der Waals surface area (Å²) in [5.41, 5.74) is 1.72. The van der Waals surface area contributed by atoms with Gasteiger partial charge in [0.25, 0.3) is 0 Å². The summed E-state index contributed by atoms with van der Waals surface area (Å²) in [5, 5.41) is 12.9. The monoisotopic (exact) mass is 658 g/mol. The number of likely N-dealkylation sites (tertiary alicyclic amines) is 1. The average molecular weight is 659 g/mol. The largest absolute Gasteiger partial charge is 0.486 e. The second-order valence-corrected chi connectivity index (χ2v) is 12.7. The first-order valence-electron chi connectivity index (χ1n) is 16.3. The molecule has 48 heavy (non-hydrogen) atoms. The number of alkyl halides is 1. The molecule has 14 heteroatoms. The summed E-state index contributed by atoms with van der Waals surface area (Å²) in [7, 11) is 0. The number of amides is 1. The molecule has 12 nitrogen and oxygen atoms in total. The molecule has 1 unspecified atom stereocenters. The fourth-order valence-corrected chi connectivity index (χ4v) is 6.75. The SMILES string of the molecule is N#Cc1cc(-c2ncnc(Nc3ccc(N4CCN(C5COC5)CC4)c(F)c3)n2)ccc1O[C@H]1CCN(C(=O)C2CCC(=O)C2)C[C@H]1F. The van der Waals surface area contributed by atoms with E-state index in [1.807, 2.05) is 0 Å². The number of ether oxygens (including phenoxy) is 2. The van der Waals surface area contributed by atoms with E-state index in [9.17, 15) is 14.9 Å². The Bertz CT molecular complexity index is 1730. The van der Waals surface area contributed by atoms with Crippen LogP contribution in [0.2, 0.25) is 0 Å². The van der Waals surface area contributed by atoms with Crippen molar-refractivity contribution in [2.75, 3.05) is 62.7 Å². The van der Waals surface area contributed by atoms with Crippen molar-refractivity contribution in [1.82, 2.24) is 24.8 Å². The van der Waals surface area contributed by atoms with Crippen molar-refractivity contribution in [3.8, 4) is 23.2 Å². The molecule has 1 amide bonds. The van der Waals surface area contributed by atoms with Crippen molar-refractivity contribution in [2.45, 2.75) is 44.0 Å². The molecule has 4 heterocycles. The Balaban J connectivity index is 0.972. The molecular formula is C34H36F2N8O4. The molecule has 0 radical (unpaired) electrons. The van der Waals surface area contributed by atoms with Gasteiger partial charge in [-0.3, -0.25) is 14.5 Å². The van der Waals surface area contributed by atoms with Crippen LogP contribution in [-0.2, 0) is 14.3 Å². The van der Waals surface area contributed by atoms with Gasteiger partial charge in [0.15, 0.2) is 12.0 Å². The predicted octanol–water partition coefficient (Wildman–Crippen LogP) is 3.50. The first-order chi connectivity index (χ1) is 23.3. The molecule has 250 valence electrons. The number of nitriles is 1. The molecule has 3 saturated heterocycles. The van der Waals surface area contributed by atoms with E-state index in [-0.39, 0.29) is 65.9 Å². The van der Waals surface area contributed by atoms with Gasteiger partial charge in [-0.25, -0.2) is 18.7 Å². The van der Waals surface area contributed by atoms with E-state index in [4.69, 9.17) is 9.47 Å². The number of carbonyl (C=O) groups excluding carboxylic acids is 2. The number of aromatic nitrogens is 3. The number of nitrogens with one attached hydrogen (secondary N) is 1. The van der Waals surface area contributed by atoms with Crippen LogP contribution in [0.1, 0.15) is 31.2 Å². The summed E-state index contributed by atoms with van der Waals surface area (Å²) in [4.78, 5) is 43.2. The van der Waals surface area contributed by atoms with Crippen LogP contribution >= 0.6 is 0 Å². The van der Waals surface area contributed by atoms with E-state index in [0.717, 1.165) is 39.4 Å². The van der Waals surface area contributed by atoms with Gasteiger partial charge in [0.2, 0.25) is 11.9 Å². The van der Waals surface area contributed by atoms with Crippen molar-refractivity contribution in [3.05, 3.63) is 54.1 Å². The third kappa shape index (κ3) is 6.79. The molecular weight excluding hydrogens is 622 g/mol. The average Bonchev–Trinajstić information content (AvgIpc) is 3.51. The Labute approximate surface area is 276 Å². The van der Waals surface area contributed by atoms with E-state index < -0.39 is 12.3 Å². The quantitative estimate of drug-likeness (QED) is 0.381. The molecule has 1 aromatic heterocycles. The molecule has 1 saturated carbocycles. The maximum absolute atomic E-state index is 15.2. The minimum Gasteiger partial charge on any atom is -0.486 e. The molecule has 7 rings (SSSR count). The van der Waals surface area contributed by atoms with Crippen molar-refractivity contribution < 1.29 is 27.8 Å². The fraction of sp³-hybridized carbons (Fsp3) is 0.471. The van der Waals surface area contributed by atoms with Crippen LogP contribution < -0.4 is 15.0 Å². The Morgan fingerprint density at radius 1 is 1.06 bits per heavy atom. The zero-order valence-corrected chi connectivity index (χ0v) is 26.4. The highest BCUT2D eigenvalue weighted by atomic mass is 19.1. The van der Waals surface area contributed by atoms with Gasteiger partial charge in [0.1, 0.15) is 35.9 Å². The fourth-order valence-electron chi connectivity index (χ4n) is 6.75. The second-order valence-electron chi connectivity index (χ2n) is 12.7. The number of piperidine rings is 1. The highest BCUT2D eigenvalue weighted by Crippen LogP contribution is 2.31. The summed E-state index contributed by atoms with van der Waals surface area (Å²) < 4.78 is 41.6. The Morgan fingerprint density at radius 3 is 2.58 bits per heavy atom. The Morgan fingerprint density at radius 2 is 1.90 bits per heavy atom. The molecule has 4 aliphatic rings. The summed E-state index contributed by atoms with van der Waals surface area (Å²) in [6, 6.07) is 12.3. The van der Waals surface area contributed by atoms with Gasteiger partial charge < -0.3 is 24.6 Å². The highest BCUT2D eigenvalue weighted by Gasteiger charge is 2.38. The van der Waals surface area contributed by atoms with Gasteiger partial charge >= 0.3 is 0 Å². The molecule has 1 N–H and O–H groups in total. The highest BCUT2D eigenvalue weighted by molar-refractivity contribution is 5.90. The molecule has 3 aromatic rings. The number of benzene rings is 2. The third-order valence-electron chi connectivity index (χ3n) is 9.59. The lowest BCUT2D eigenvalue weighted by Gasteiger charge is -2.43. The lowest BCUT2D eigenvalue weighted by Crippen LogP contribution is -2.56. The van der Waals surface area contributed by atoms with Crippen LogP contribution in [-0.4, -0.2) is 107 Å². The number of nitrogens with zero attached hydrogens (tertiary/aromatic N) is 7. The smallest absolute Gasteiger partial charge is 0.230 e. The van der Waals surface area contributed by atoms with Gasteiger partial charge in [-0.1, -0.05) is 0 Å². The molecule has 2 aromatic carbocycles. The van der Waals surface area contributed by atoms with E-state index in [2.05, 4.69) is 36.1 Å². The van der Waals surface area contributed by atoms with Gasteiger partial charge in [-0.05, 0) is 42.8 Å². The molecule has 1 aliphatic carbocycles. The van der Waals surface area contributed by atoms with Crippen LogP contribution in [0.15, 0.2) is 42.7 Å². The molecule has 0 spiro atoms. The topological polar surface area (TPSA) is 137 Å². The van der Waals surface area contributed by atoms with Crippen LogP contribution in [0.25, 0.3) is 11.4 Å². The number of halogens is 2. The van der Waals surface area contributed by atoms with E-state index in [0.29, 0.717) is 42.4 Å². The van der Waals surface area contributed by atoms with Crippen molar-refractivity contribution in [3.63, 3.8) is 0 Å². The lowest BCUT2D eigenvalue weighted by atomic mass is 10.0. The number of rotatable bonds is 8. The summed E-state index contributed by atoms with van der Waals surface area (Å²) in [6.07, 6.45) is 0.449. The lowest BCUT2D eigenvalue weighted by molar-refractivity contribution is -0.139. The van der Waals surface area contributed by atoms with E-state index in [1.165, 1.54) is 17.3 Å². The van der Waals surface area contributed by atoms with Crippen LogP contribution in [0, 0.1) is 23.1 Å². The minimum absolute atomic E-state index is 0.0707. The number of hydrogen-bond donors (Lipinski definition) is 1. The van der Waals surface area contributed by atoms with Crippen molar-refractivity contribution in [1.29, 1.82) is 5.26 Å². The van der Waals surface area contributed by atoms with Crippen molar-refractivity contribution >= 4 is 29.0 Å². The summed E-state index contributed by atoms with van der Waals surface area (Å²) in [6.45, 7) is 4.95. The second kappa shape index (κ2) is 13.8. The number of hydrogen-bond acceptors (Lipinski definition) is 11. The van der Waals surface area contributed by atoms with Crippen LogP contribution in [0.3, 0.4) is 0 Å². The molecule has 0 bridgehead atoms. The zero-order chi connectivity index (χ0) is 33.2. The number of ketones is 1. The van der Waals surface area contributed by atoms with Crippen LogP contribution in [0.5, 0.6) is 5.75 Å². The first-order valence-corrected chi connectivity index (χ1v) is 16.3. The standard InChI is InChI=1S/C34H36F2N8O4/c35-27-15-24(3-5-29(27)43-11-9-42(10-12-43)25-18-47-19-25)40-34-39-20-38-32(41-34)21-2-6-30(23(13-21)16-37)48-31-7-8-44(17-28(31)36)33(46)22-1-4-26(45)14-22/h2-3,5-6,13,15,20,22,25,28,31H,1,4,7-12,14,17-19H2,(H,38,39,40,41)/t22?,28-,31+/m1/s1. The van der Waals surface area contributed by atoms with Crippen LogP contribution in [0.4, 0.5) is 26.1 Å². The number of Topliss-reactive ketones (excluding diaryl/α,β-unsaturated/α-hetero) is 1. The normalized spacial score (nSPS) is 23.4. The van der Waals surface area contributed by atoms with Crippen molar-refractivity contribution in [2.24, 2.45) is 5.92 Å². The molecule has 3 aliphatic heterocycles. The van der Waals surface area contributed by atoms with E-state index >= 15 is 8.78 Å². The minimum atomic E-state index is -1.44. The summed E-state index contributed by atoms with van der Waals surface area (Å²) in [5.74, 6) is -0.118. The first kappa shape index (κ1) is 31.8. The van der Waals surface area contributed by atoms with Gasteiger partial charge in [0, 0.05) is 69.2 Å². The zero-order valence-electron chi connectivity index (χ0n) is 26.4. The number of piperazine rings is 1. The van der Waals surface area contributed by atoms with E-state index in [1.54, 1.807) is 30.3 Å². The maximum atomic E-state index is 15.2. The van der Waals surface area contributed by atoms with Gasteiger partial charge in [-0.2, -0.15) is 10.2 Å². The number of carbonyl (C=O) groups is 2. The Kier molecular flexibility index (Phi) is 9.14. The number of anilines is 3. The summed E-state index contributed by atoms with van der Waals surface area (Å²) >= 11 is 0. The third-order valence-corrected chi connectivity index (χ3v) is 9.59. The molecule has 4 fully saturated rings. The van der Waals surface area contributed by atoms with Gasteiger partial charge in [-0.15, -0.1) is 0 Å². The van der Waals surface area contributed by atoms with Gasteiger partial charge in [0.05, 0.1) is 37.1 Å². The molecule has 3 atom stereocenters. The maximum Gasteiger partial charge on any atom is 0.230 e. The predicted molar refractivity (Wildman–Crippen MR) is 171 cm³/mol.